The third-order valence-electron chi connectivity index (χ3n) is 2.01. The lowest BCUT2D eigenvalue weighted by molar-refractivity contribution is 0.112. The minimum Gasteiger partial charge on any atom is -0.374 e. The maximum Gasteiger partial charge on any atom is 0.152 e. The Morgan fingerprint density at radius 3 is 2.77 bits per heavy atom. The van der Waals surface area contributed by atoms with E-state index in [0.717, 1.165) is 18.5 Å². The number of rotatable bonds is 3. The van der Waals surface area contributed by atoms with Crippen LogP contribution >= 0.6 is 11.6 Å². The Bertz CT molecular complexity index is 312. The van der Waals surface area contributed by atoms with Crippen molar-refractivity contribution in [2.45, 2.75) is 6.92 Å². The molecule has 3 heteroatoms. The maximum atomic E-state index is 10.7. The van der Waals surface area contributed by atoms with Gasteiger partial charge in [0.25, 0.3) is 0 Å². The van der Waals surface area contributed by atoms with Crippen molar-refractivity contribution in [3.05, 3.63) is 28.8 Å². The highest BCUT2D eigenvalue weighted by Gasteiger charge is 2.05. The van der Waals surface area contributed by atoms with Crippen LogP contribution in [0.5, 0.6) is 0 Å². The number of carbonyl (C=O) groups excluding carboxylic acids is 1. The van der Waals surface area contributed by atoms with Gasteiger partial charge in [0.1, 0.15) is 0 Å². The fraction of sp³-hybridized carbons (Fsp3) is 0.300. The van der Waals surface area contributed by atoms with Gasteiger partial charge in [0, 0.05) is 29.9 Å². The highest BCUT2D eigenvalue weighted by Crippen LogP contribution is 2.22. The molecule has 0 aliphatic heterocycles. The summed E-state index contributed by atoms with van der Waals surface area (Å²) < 4.78 is 0. The molecule has 0 fully saturated rings. The van der Waals surface area contributed by atoms with Gasteiger partial charge in [-0.1, -0.05) is 11.6 Å². The summed E-state index contributed by atoms with van der Waals surface area (Å²) in [7, 11) is 1.93. The molecule has 0 heterocycles. The van der Waals surface area contributed by atoms with Gasteiger partial charge >= 0.3 is 0 Å². The van der Waals surface area contributed by atoms with Gasteiger partial charge in [0.05, 0.1) is 0 Å². The summed E-state index contributed by atoms with van der Waals surface area (Å²) >= 11 is 5.83. The molecule has 13 heavy (non-hydrogen) atoms. The maximum absolute atomic E-state index is 10.7. The summed E-state index contributed by atoms with van der Waals surface area (Å²) in [6.45, 7) is 2.87. The molecule has 1 rings (SSSR count). The third kappa shape index (κ3) is 2.22. The average Bonchev–Trinajstić information content (AvgIpc) is 2.16. The first-order valence-corrected chi connectivity index (χ1v) is 4.52. The average molecular weight is 198 g/mol. The zero-order chi connectivity index (χ0) is 9.84. The lowest BCUT2D eigenvalue weighted by Gasteiger charge is -2.18. The first kappa shape index (κ1) is 10.1. The van der Waals surface area contributed by atoms with Crippen LogP contribution in [0.3, 0.4) is 0 Å². The van der Waals surface area contributed by atoms with Gasteiger partial charge in [0.2, 0.25) is 0 Å². The number of carbonyl (C=O) groups is 1. The number of anilines is 1. The van der Waals surface area contributed by atoms with E-state index in [1.807, 2.05) is 18.9 Å². The molecule has 1 aromatic rings. The van der Waals surface area contributed by atoms with Crippen molar-refractivity contribution in [1.82, 2.24) is 0 Å². The fourth-order valence-corrected chi connectivity index (χ4v) is 1.28. The van der Waals surface area contributed by atoms with Crippen molar-refractivity contribution in [3.8, 4) is 0 Å². The summed E-state index contributed by atoms with van der Waals surface area (Å²) in [6, 6.07) is 5.25. The molecule has 0 amide bonds. The van der Waals surface area contributed by atoms with E-state index in [-0.39, 0.29) is 0 Å². The van der Waals surface area contributed by atoms with Crippen molar-refractivity contribution < 1.29 is 4.79 Å². The van der Waals surface area contributed by atoms with Gasteiger partial charge in [-0.2, -0.15) is 0 Å². The van der Waals surface area contributed by atoms with Crippen LogP contribution < -0.4 is 4.90 Å². The molecule has 1 aromatic carbocycles. The van der Waals surface area contributed by atoms with E-state index < -0.39 is 0 Å². The Labute approximate surface area is 83.1 Å². The standard InChI is InChI=1S/C10H12ClNO/c1-3-12(2)10-6-9(11)5-4-8(10)7-13/h4-7H,3H2,1-2H3. The summed E-state index contributed by atoms with van der Waals surface area (Å²) in [5.41, 5.74) is 1.55. The Hall–Kier alpha value is -1.02. The second-order valence-corrected chi connectivity index (χ2v) is 3.27. The summed E-state index contributed by atoms with van der Waals surface area (Å²) in [4.78, 5) is 12.7. The third-order valence-corrected chi connectivity index (χ3v) is 2.24. The van der Waals surface area contributed by atoms with Gasteiger partial charge in [-0.05, 0) is 25.1 Å². The molecular weight excluding hydrogens is 186 g/mol. The Morgan fingerprint density at radius 1 is 1.54 bits per heavy atom. The molecule has 0 saturated carbocycles. The van der Waals surface area contributed by atoms with Crippen LogP contribution in [0.25, 0.3) is 0 Å². The highest BCUT2D eigenvalue weighted by atomic mass is 35.5. The fourth-order valence-electron chi connectivity index (χ4n) is 1.12. The predicted octanol–water partition coefficient (Wildman–Crippen LogP) is 2.61. The molecule has 0 aromatic heterocycles. The SMILES string of the molecule is CCN(C)c1cc(Cl)ccc1C=O. The normalized spacial score (nSPS) is 9.77. The van der Waals surface area contributed by atoms with E-state index in [4.69, 9.17) is 11.6 Å². The second kappa shape index (κ2) is 4.28. The topological polar surface area (TPSA) is 20.3 Å². The molecule has 0 radical (unpaired) electrons. The molecular formula is C10H12ClNO. The molecule has 70 valence electrons. The smallest absolute Gasteiger partial charge is 0.152 e. The lowest BCUT2D eigenvalue weighted by atomic mass is 10.2. The van der Waals surface area contributed by atoms with Gasteiger partial charge in [-0.3, -0.25) is 4.79 Å². The number of halogens is 1. The molecule has 0 N–H and O–H groups in total. The van der Waals surface area contributed by atoms with Crippen molar-refractivity contribution >= 4 is 23.6 Å². The first-order valence-electron chi connectivity index (χ1n) is 4.15. The van der Waals surface area contributed by atoms with E-state index in [1.54, 1.807) is 18.2 Å². The largest absolute Gasteiger partial charge is 0.374 e. The van der Waals surface area contributed by atoms with E-state index in [9.17, 15) is 4.79 Å². The summed E-state index contributed by atoms with van der Waals surface area (Å²) in [6.07, 6.45) is 0.845. The quantitative estimate of drug-likeness (QED) is 0.695. The first-order chi connectivity index (χ1) is 6.19. The van der Waals surface area contributed by atoms with Crippen molar-refractivity contribution in [1.29, 1.82) is 0 Å². The van der Waals surface area contributed by atoms with E-state index in [2.05, 4.69) is 0 Å². The van der Waals surface area contributed by atoms with Crippen LogP contribution in [0, 0.1) is 0 Å². The van der Waals surface area contributed by atoms with Crippen LogP contribution in [0.2, 0.25) is 5.02 Å². The van der Waals surface area contributed by atoms with Crippen LogP contribution in [0.15, 0.2) is 18.2 Å². The number of benzene rings is 1. The van der Waals surface area contributed by atoms with Crippen molar-refractivity contribution in [2.75, 3.05) is 18.5 Å². The van der Waals surface area contributed by atoms with Gasteiger partial charge in [-0.15, -0.1) is 0 Å². The molecule has 0 bridgehead atoms. The van der Waals surface area contributed by atoms with Crippen LogP contribution in [0.1, 0.15) is 17.3 Å². The van der Waals surface area contributed by atoms with Gasteiger partial charge in [-0.25, -0.2) is 0 Å². The lowest BCUT2D eigenvalue weighted by Crippen LogP contribution is -2.17. The van der Waals surface area contributed by atoms with E-state index in [0.29, 0.717) is 10.6 Å². The molecule has 2 nitrogen and oxygen atoms in total. The van der Waals surface area contributed by atoms with Gasteiger partial charge < -0.3 is 4.90 Å². The zero-order valence-corrected chi connectivity index (χ0v) is 8.51. The minimum atomic E-state index is 0.654. The highest BCUT2D eigenvalue weighted by molar-refractivity contribution is 6.31. The molecule has 0 aliphatic carbocycles. The number of hydrogen-bond acceptors (Lipinski definition) is 2. The van der Waals surface area contributed by atoms with Crippen molar-refractivity contribution in [3.63, 3.8) is 0 Å². The molecule has 0 aliphatic rings. The van der Waals surface area contributed by atoms with Crippen LogP contribution in [0.4, 0.5) is 5.69 Å². The predicted molar refractivity (Wildman–Crippen MR) is 55.8 cm³/mol. The Kier molecular flexibility index (Phi) is 3.32. The van der Waals surface area contributed by atoms with Crippen molar-refractivity contribution in [2.24, 2.45) is 0 Å². The molecule has 0 spiro atoms. The molecule has 0 atom stereocenters. The number of nitrogens with zero attached hydrogens (tertiary/aromatic N) is 1. The second-order valence-electron chi connectivity index (χ2n) is 2.84. The Balaban J connectivity index is 3.15. The molecule has 0 saturated heterocycles. The van der Waals surface area contributed by atoms with E-state index >= 15 is 0 Å². The monoisotopic (exact) mass is 197 g/mol. The summed E-state index contributed by atoms with van der Waals surface area (Å²) in [5.74, 6) is 0. The molecule has 0 unspecified atom stereocenters. The van der Waals surface area contributed by atoms with Gasteiger partial charge in [0.15, 0.2) is 6.29 Å². The summed E-state index contributed by atoms with van der Waals surface area (Å²) in [5, 5.41) is 0.654. The minimum absolute atomic E-state index is 0.654. The Morgan fingerprint density at radius 2 is 2.23 bits per heavy atom. The number of aldehydes is 1. The number of hydrogen-bond donors (Lipinski definition) is 0. The van der Waals surface area contributed by atoms with Crippen LogP contribution in [-0.2, 0) is 0 Å². The zero-order valence-electron chi connectivity index (χ0n) is 7.75. The van der Waals surface area contributed by atoms with E-state index in [1.165, 1.54) is 0 Å². The van der Waals surface area contributed by atoms with Crippen LogP contribution in [-0.4, -0.2) is 19.9 Å².